The lowest BCUT2D eigenvalue weighted by Crippen LogP contribution is -2.41. The maximum atomic E-state index is 6.38. The molecule has 0 aliphatic carbocycles. The van der Waals surface area contributed by atoms with Gasteiger partial charge in [-0.25, -0.2) is 0 Å². The molecule has 2 nitrogen and oxygen atoms in total. The van der Waals surface area contributed by atoms with Crippen molar-refractivity contribution in [2.75, 3.05) is 12.5 Å². The average molecular weight is 416 g/mol. The minimum absolute atomic E-state index is 0.351. The molecule has 3 aromatic rings. The maximum absolute atomic E-state index is 6.38. The van der Waals surface area contributed by atoms with Crippen LogP contribution in [0.1, 0.15) is 27.7 Å². The Balaban J connectivity index is 1.61. The van der Waals surface area contributed by atoms with Gasteiger partial charge in [-0.15, -0.1) is 0 Å². The number of rotatable bonds is 2. The third-order valence-corrected chi connectivity index (χ3v) is 9.93. The molecule has 2 aliphatic heterocycles. The summed E-state index contributed by atoms with van der Waals surface area (Å²) in [6.45, 7) is 8.42. The Morgan fingerprint density at radius 1 is 0.667 bits per heavy atom. The van der Waals surface area contributed by atoms with Crippen molar-refractivity contribution in [3.63, 3.8) is 0 Å². The van der Waals surface area contributed by atoms with Gasteiger partial charge in [0.05, 0.1) is 11.2 Å². The van der Waals surface area contributed by atoms with Crippen LogP contribution in [0.25, 0.3) is 22.3 Å². The Morgan fingerprint density at radius 2 is 1.23 bits per heavy atom. The molecule has 5 rings (SSSR count). The zero-order valence-electron chi connectivity index (χ0n) is 18.7. The SMILES string of the molecule is CC1(C)OB(c2ccccc2-c2ccc3c(c2)S(C)(C)c2ccccc2-3)OC1(C)C. The van der Waals surface area contributed by atoms with E-state index < -0.39 is 10.0 Å². The highest BCUT2D eigenvalue weighted by Gasteiger charge is 2.52. The summed E-state index contributed by atoms with van der Waals surface area (Å²) in [5.74, 6) is 0. The van der Waals surface area contributed by atoms with Gasteiger partial charge in [0.15, 0.2) is 0 Å². The molecule has 0 bridgehead atoms. The van der Waals surface area contributed by atoms with E-state index in [0.717, 1.165) is 5.46 Å². The molecule has 2 aliphatic rings. The first-order chi connectivity index (χ1) is 14.1. The minimum Gasteiger partial charge on any atom is -0.399 e. The van der Waals surface area contributed by atoms with Gasteiger partial charge in [-0.3, -0.25) is 0 Å². The van der Waals surface area contributed by atoms with Gasteiger partial charge < -0.3 is 9.31 Å². The average Bonchev–Trinajstić information content (AvgIpc) is 3.08. The molecular formula is C26H29BO2S. The van der Waals surface area contributed by atoms with Crippen molar-refractivity contribution in [2.24, 2.45) is 0 Å². The molecular weight excluding hydrogens is 387 g/mol. The number of hydrogen-bond donors (Lipinski definition) is 0. The second kappa shape index (κ2) is 6.50. The summed E-state index contributed by atoms with van der Waals surface area (Å²) in [4.78, 5) is 2.95. The smallest absolute Gasteiger partial charge is 0.399 e. The van der Waals surface area contributed by atoms with E-state index in [9.17, 15) is 0 Å². The molecule has 0 atom stereocenters. The van der Waals surface area contributed by atoms with Gasteiger partial charge in [-0.1, -0.05) is 54.6 Å². The van der Waals surface area contributed by atoms with Crippen molar-refractivity contribution in [1.82, 2.24) is 0 Å². The van der Waals surface area contributed by atoms with Gasteiger partial charge in [-0.2, -0.15) is 10.0 Å². The van der Waals surface area contributed by atoms with Crippen molar-refractivity contribution in [3.8, 4) is 22.3 Å². The van der Waals surface area contributed by atoms with Gasteiger partial charge in [-0.05, 0) is 80.1 Å². The van der Waals surface area contributed by atoms with Crippen LogP contribution in [0.2, 0.25) is 0 Å². The topological polar surface area (TPSA) is 18.5 Å². The van der Waals surface area contributed by atoms with E-state index in [1.54, 1.807) is 0 Å². The Kier molecular flexibility index (Phi) is 4.31. The summed E-state index contributed by atoms with van der Waals surface area (Å²) in [6.07, 6.45) is 4.81. The third kappa shape index (κ3) is 2.81. The Morgan fingerprint density at radius 3 is 1.93 bits per heavy atom. The van der Waals surface area contributed by atoms with E-state index in [-0.39, 0.29) is 18.3 Å². The standard InChI is InChI=1S/C26H29BO2S/c1-25(2)26(3,4)29-27(28-25)22-13-9-7-11-19(22)18-15-16-21-20-12-8-10-14-23(20)30(5,6)24(21)17-18/h7-17H,1-6H3. The van der Waals surface area contributed by atoms with Crippen LogP contribution in [0.4, 0.5) is 0 Å². The molecule has 4 heteroatoms. The lowest BCUT2D eigenvalue weighted by molar-refractivity contribution is 0.00578. The molecule has 0 aromatic heterocycles. The lowest BCUT2D eigenvalue weighted by atomic mass is 9.74. The summed E-state index contributed by atoms with van der Waals surface area (Å²) >= 11 is 0. The van der Waals surface area contributed by atoms with Crippen LogP contribution < -0.4 is 5.46 Å². The van der Waals surface area contributed by atoms with E-state index in [0.29, 0.717) is 0 Å². The summed E-state index contributed by atoms with van der Waals surface area (Å²) < 4.78 is 12.8. The third-order valence-electron chi connectivity index (χ3n) is 7.04. The number of hydrogen-bond acceptors (Lipinski definition) is 2. The molecule has 0 radical (unpaired) electrons. The normalized spacial score (nSPS) is 21.2. The van der Waals surface area contributed by atoms with E-state index in [1.807, 2.05) is 0 Å². The first kappa shape index (κ1) is 19.9. The fourth-order valence-electron chi connectivity index (χ4n) is 4.52. The maximum Gasteiger partial charge on any atom is 0.495 e. The van der Waals surface area contributed by atoms with Crippen molar-refractivity contribution in [2.45, 2.75) is 48.7 Å². The molecule has 1 saturated heterocycles. The first-order valence-corrected chi connectivity index (χ1v) is 13.0. The van der Waals surface area contributed by atoms with Gasteiger partial charge in [0, 0.05) is 9.79 Å². The summed E-state index contributed by atoms with van der Waals surface area (Å²) in [5.41, 5.74) is 5.57. The Labute approximate surface area is 182 Å². The fraction of sp³-hybridized carbons (Fsp3) is 0.308. The lowest BCUT2D eigenvalue weighted by Gasteiger charge is -2.32. The number of benzene rings is 3. The summed E-state index contributed by atoms with van der Waals surface area (Å²) in [5, 5.41) is 0. The molecule has 1 fully saturated rings. The van der Waals surface area contributed by atoms with Crippen LogP contribution in [0.5, 0.6) is 0 Å². The highest BCUT2D eigenvalue weighted by atomic mass is 32.3. The molecule has 0 unspecified atom stereocenters. The summed E-state index contributed by atoms with van der Waals surface area (Å²) in [7, 11) is -1.39. The minimum atomic E-state index is -1.03. The van der Waals surface area contributed by atoms with E-state index >= 15 is 0 Å². The molecule has 2 heterocycles. The zero-order valence-corrected chi connectivity index (χ0v) is 19.5. The molecule has 0 N–H and O–H groups in total. The predicted molar refractivity (Wildman–Crippen MR) is 129 cm³/mol. The van der Waals surface area contributed by atoms with Gasteiger partial charge in [0.2, 0.25) is 0 Å². The first-order valence-electron chi connectivity index (χ1n) is 10.5. The highest BCUT2D eigenvalue weighted by molar-refractivity contribution is 8.33. The van der Waals surface area contributed by atoms with Gasteiger partial charge in [0.1, 0.15) is 0 Å². The fourth-order valence-corrected chi connectivity index (χ4v) is 7.06. The van der Waals surface area contributed by atoms with Crippen molar-refractivity contribution < 1.29 is 9.31 Å². The summed E-state index contributed by atoms with van der Waals surface area (Å²) in [6, 6.07) is 24.3. The molecule has 154 valence electrons. The molecule has 30 heavy (non-hydrogen) atoms. The van der Waals surface area contributed by atoms with Gasteiger partial charge in [0.25, 0.3) is 0 Å². The van der Waals surface area contributed by atoms with Crippen LogP contribution in [0, 0.1) is 0 Å². The van der Waals surface area contributed by atoms with E-state index in [2.05, 4.69) is 107 Å². The molecule has 0 saturated carbocycles. The Hall–Kier alpha value is -2.01. The second-order valence-corrected chi connectivity index (χ2v) is 13.2. The zero-order chi connectivity index (χ0) is 21.3. The van der Waals surface area contributed by atoms with E-state index in [4.69, 9.17) is 9.31 Å². The van der Waals surface area contributed by atoms with Crippen LogP contribution in [0.15, 0.2) is 76.5 Å². The van der Waals surface area contributed by atoms with Crippen LogP contribution in [-0.2, 0) is 9.31 Å². The molecule has 3 aromatic carbocycles. The number of fused-ring (bicyclic) bond motifs is 3. The molecule has 0 amide bonds. The van der Waals surface area contributed by atoms with Gasteiger partial charge >= 0.3 is 7.12 Å². The quantitative estimate of drug-likeness (QED) is 0.469. The van der Waals surface area contributed by atoms with Crippen molar-refractivity contribution in [3.05, 3.63) is 66.7 Å². The Bertz CT molecular complexity index is 1130. The van der Waals surface area contributed by atoms with Crippen molar-refractivity contribution in [1.29, 1.82) is 0 Å². The van der Waals surface area contributed by atoms with Crippen LogP contribution >= 0.6 is 10.0 Å². The van der Waals surface area contributed by atoms with E-state index in [1.165, 1.54) is 32.0 Å². The second-order valence-electron chi connectivity index (χ2n) is 9.71. The van der Waals surface area contributed by atoms with Crippen molar-refractivity contribution >= 4 is 22.6 Å². The highest BCUT2D eigenvalue weighted by Crippen LogP contribution is 2.67. The van der Waals surface area contributed by atoms with Crippen LogP contribution in [0.3, 0.4) is 0 Å². The van der Waals surface area contributed by atoms with Crippen LogP contribution in [-0.4, -0.2) is 30.8 Å². The largest absolute Gasteiger partial charge is 0.495 e. The molecule has 0 spiro atoms. The predicted octanol–water partition coefficient (Wildman–Crippen LogP) is 6.12. The monoisotopic (exact) mass is 416 g/mol.